The highest BCUT2D eigenvalue weighted by Crippen LogP contribution is 2.48. The zero-order valence-corrected chi connectivity index (χ0v) is 77.9. The lowest BCUT2D eigenvalue weighted by molar-refractivity contribution is -0.146. The van der Waals surface area contributed by atoms with Gasteiger partial charge in [-0.1, -0.05) is 48.6 Å². The Bertz CT molecular complexity index is 6460. The molecule has 4 saturated carbocycles. The fourth-order valence-electron chi connectivity index (χ4n) is 18.4. The molecular weight excluding hydrogens is 1990 g/mol. The van der Waals surface area contributed by atoms with Gasteiger partial charge >= 0.3 is 23.9 Å². The molecule has 4 unspecified atom stereocenters. The molecular formula is C94H88Br4F4N24O8. The number of hydrogen-bond donors (Lipinski definition) is 8. The SMILES string of the molecule is Nc1c(Br)c(C2CCC(C(F)C(=O)O)CC2)nc2c(-c3ccc(-c4ccccn4)nc3)cnn12.Nc1c(Br)c(C2CCC(C(F)C(=O)O)CC2)nc2c(-c3ccc(-c4ccccn4)nc3)cnn12.Nc1c(Br)c(C2CCC(C(F)C(=O)O)CC2)nc2c(-c3ccc(C4=NC=CC4)nc3)cnn12.Nc1c(Br)c(C2CCC(C(F)C(=O)O)CC2)nc2c(-c3ccc(C4=NC=CC4)nc3)cnn12. The Labute approximate surface area is 796 Å². The summed E-state index contributed by atoms with van der Waals surface area (Å²) in [6, 6.07) is 26.9. The molecule has 14 aromatic heterocycles. The number of pyridine rings is 6. The van der Waals surface area contributed by atoms with Crippen molar-refractivity contribution in [3.05, 3.63) is 224 Å². The highest BCUT2D eigenvalue weighted by atomic mass is 79.9. The fraction of sp³-hybridized carbons (Fsp3) is 0.319. The maximum absolute atomic E-state index is 14.0. The Hall–Kier alpha value is -13.1. The van der Waals surface area contributed by atoms with Crippen LogP contribution in [-0.2, 0) is 19.2 Å². The van der Waals surface area contributed by atoms with E-state index in [0.29, 0.717) is 166 Å². The lowest BCUT2D eigenvalue weighted by atomic mass is 9.78. The molecule has 0 saturated heterocycles. The van der Waals surface area contributed by atoms with Crippen molar-refractivity contribution >= 4 is 145 Å². The second kappa shape index (κ2) is 40.4. The van der Waals surface area contributed by atoms with Crippen LogP contribution >= 0.6 is 63.7 Å². The Morgan fingerprint density at radius 1 is 0.321 bits per heavy atom. The summed E-state index contributed by atoms with van der Waals surface area (Å²) in [5, 5.41) is 53.6. The predicted molar refractivity (Wildman–Crippen MR) is 509 cm³/mol. The summed E-state index contributed by atoms with van der Waals surface area (Å²) in [7, 11) is 0. The molecule has 2 aliphatic heterocycles. The third-order valence-corrected chi connectivity index (χ3v) is 29.1. The van der Waals surface area contributed by atoms with E-state index in [9.17, 15) is 36.7 Å². The maximum Gasteiger partial charge on any atom is 0.338 e. The van der Waals surface area contributed by atoms with Crippen LogP contribution in [-0.4, -0.2) is 169 Å². The van der Waals surface area contributed by atoms with Crippen molar-refractivity contribution in [1.29, 1.82) is 0 Å². The molecule has 0 amide bonds. The lowest BCUT2D eigenvalue weighted by Crippen LogP contribution is -2.28. The first-order valence-corrected chi connectivity index (χ1v) is 46.8. The van der Waals surface area contributed by atoms with Gasteiger partial charge in [-0.2, -0.15) is 38.5 Å². The molecule has 0 aromatic carbocycles. The number of hydrogen-bond acceptors (Lipinski definition) is 24. The third-order valence-electron chi connectivity index (χ3n) is 25.9. The number of carboxylic acids is 4. The smallest absolute Gasteiger partial charge is 0.338 e. The van der Waals surface area contributed by atoms with Crippen LogP contribution < -0.4 is 22.9 Å². The number of aliphatic imine (C=N–C) groups is 2. The van der Waals surface area contributed by atoms with Crippen LogP contribution in [0.3, 0.4) is 0 Å². The quantitative estimate of drug-likeness (QED) is 0.0329. The zero-order chi connectivity index (χ0) is 93.9. The van der Waals surface area contributed by atoms with Gasteiger partial charge in [-0.3, -0.25) is 39.9 Å². The molecule has 0 spiro atoms. The second-order valence-corrected chi connectivity index (χ2v) is 37.0. The number of nitrogens with zero attached hydrogens (tertiary/aromatic N) is 20. The minimum atomic E-state index is -1.83. The van der Waals surface area contributed by atoms with E-state index in [2.05, 4.69) is 124 Å². The molecule has 688 valence electrons. The van der Waals surface area contributed by atoms with Gasteiger partial charge in [0, 0.05) is 154 Å². The van der Waals surface area contributed by atoms with Gasteiger partial charge < -0.3 is 43.4 Å². The van der Waals surface area contributed by atoms with E-state index in [4.69, 9.17) is 63.3 Å². The van der Waals surface area contributed by atoms with E-state index in [0.717, 1.165) is 126 Å². The molecule has 0 radical (unpaired) electrons. The number of aliphatic carboxylic acids is 4. The van der Waals surface area contributed by atoms with E-state index in [1.165, 1.54) is 0 Å². The number of aromatic nitrogens is 18. The Morgan fingerprint density at radius 2 is 0.560 bits per heavy atom. The summed E-state index contributed by atoms with van der Waals surface area (Å²) in [6.07, 6.45) is 28.3. The summed E-state index contributed by atoms with van der Waals surface area (Å²) in [6.45, 7) is 0. The summed E-state index contributed by atoms with van der Waals surface area (Å²) in [5.41, 5.74) is 44.4. The number of rotatable bonds is 20. The molecule has 14 aromatic rings. The largest absolute Gasteiger partial charge is 0.479 e. The maximum atomic E-state index is 14.0. The highest BCUT2D eigenvalue weighted by molar-refractivity contribution is 9.11. The van der Waals surface area contributed by atoms with E-state index in [1.54, 1.807) is 92.4 Å². The van der Waals surface area contributed by atoms with Crippen LogP contribution in [0.1, 0.15) is 173 Å². The molecule has 20 rings (SSSR count). The monoisotopic (exact) mass is 2070 g/mol. The van der Waals surface area contributed by atoms with Crippen LogP contribution in [0.4, 0.5) is 40.8 Å². The van der Waals surface area contributed by atoms with Crippen LogP contribution in [0.2, 0.25) is 0 Å². The Morgan fingerprint density at radius 3 is 0.761 bits per heavy atom. The highest BCUT2D eigenvalue weighted by Gasteiger charge is 2.40. The Balaban J connectivity index is 0.000000124. The van der Waals surface area contributed by atoms with Gasteiger partial charge in [0.15, 0.2) is 47.3 Å². The van der Waals surface area contributed by atoms with Crippen molar-refractivity contribution in [3.8, 4) is 67.3 Å². The first-order valence-electron chi connectivity index (χ1n) is 43.7. The summed E-state index contributed by atoms with van der Waals surface area (Å²) < 4.78 is 64.8. The molecule has 40 heteroatoms. The van der Waals surface area contributed by atoms with Gasteiger partial charge in [-0.15, -0.1) is 0 Å². The minimum absolute atomic E-state index is 0.0475. The van der Waals surface area contributed by atoms with Crippen molar-refractivity contribution in [2.75, 3.05) is 22.9 Å². The zero-order valence-electron chi connectivity index (χ0n) is 71.5. The molecule has 6 aliphatic rings. The molecule has 4 atom stereocenters. The van der Waals surface area contributed by atoms with E-state index in [-0.39, 0.29) is 23.7 Å². The standard InChI is InChI=1S/2C24H22BrFN6O2.2C23H22BrFN6O2/c2*25-19-21(14-6-4-13(5-7-14)20(26)24(33)34)31-23-16(12-30-32(23)22(19)27)15-8-9-18(29-11-15)17-3-1-2-10-28-17;2*24-18-20(13-5-3-12(4-6-13)19(25)23(32)33)30-22-15(11-29-31(22)21(18)26)14-7-8-17(28-10-14)16-2-1-9-27-16/h2*1-3,8-14,20H,4-7,27H2,(H,33,34);2*1,7-13,19H,2-6,26H2,(H,32,33). The molecule has 16 heterocycles. The third kappa shape index (κ3) is 19.3. The van der Waals surface area contributed by atoms with Crippen molar-refractivity contribution in [2.45, 2.75) is 164 Å². The van der Waals surface area contributed by atoms with Crippen molar-refractivity contribution < 1.29 is 57.2 Å². The lowest BCUT2D eigenvalue weighted by Gasteiger charge is -2.29. The second-order valence-electron chi connectivity index (χ2n) is 33.9. The number of alkyl halides is 4. The number of carbonyl (C=O) groups is 4. The van der Waals surface area contributed by atoms with Crippen molar-refractivity contribution in [1.82, 2.24) is 88.3 Å². The van der Waals surface area contributed by atoms with Crippen molar-refractivity contribution in [3.63, 3.8) is 0 Å². The van der Waals surface area contributed by atoms with Gasteiger partial charge in [-0.25, -0.2) is 56.7 Å². The Kier molecular flexibility index (Phi) is 28.0. The molecule has 4 fully saturated rings. The van der Waals surface area contributed by atoms with Crippen molar-refractivity contribution in [2.24, 2.45) is 33.7 Å². The van der Waals surface area contributed by atoms with E-state index in [1.807, 2.05) is 97.1 Å². The molecule has 12 N–H and O–H groups in total. The van der Waals surface area contributed by atoms with Gasteiger partial charge in [0.2, 0.25) is 0 Å². The number of carboxylic acid groups (broad SMARTS) is 4. The first kappa shape index (κ1) is 92.8. The van der Waals surface area contributed by atoms with Gasteiger partial charge in [0.1, 0.15) is 23.3 Å². The normalized spacial score (nSPS) is 20.3. The van der Waals surface area contributed by atoms with Crippen LogP contribution in [0.25, 0.3) is 89.9 Å². The fourth-order valence-corrected chi connectivity index (χ4v) is 20.8. The number of nitrogen functional groups attached to an aromatic ring is 4. The van der Waals surface area contributed by atoms with E-state index >= 15 is 0 Å². The summed E-state index contributed by atoms with van der Waals surface area (Å²) >= 11 is 14.3. The number of allylic oxidation sites excluding steroid dienone is 2. The van der Waals surface area contributed by atoms with Gasteiger partial charge in [-0.05, 0) is 215 Å². The number of fused-ring (bicyclic) bond motifs is 4. The van der Waals surface area contributed by atoms with Crippen LogP contribution in [0, 0.1) is 23.7 Å². The number of nitrogens with two attached hydrogens (primary N) is 4. The number of halogens is 8. The summed E-state index contributed by atoms with van der Waals surface area (Å²) in [5.74, 6) is -5.47. The van der Waals surface area contributed by atoms with Crippen LogP contribution in [0.15, 0.2) is 199 Å². The molecule has 0 bridgehead atoms. The van der Waals surface area contributed by atoms with E-state index < -0.39 is 72.2 Å². The van der Waals surface area contributed by atoms with Gasteiger partial charge in [0.25, 0.3) is 0 Å². The summed E-state index contributed by atoms with van der Waals surface area (Å²) in [4.78, 5) is 99.2. The van der Waals surface area contributed by atoms with Gasteiger partial charge in [0.05, 0.1) is 111 Å². The average molecular weight is 2080 g/mol. The predicted octanol–water partition coefficient (Wildman–Crippen LogP) is 18.9. The first-order chi connectivity index (χ1) is 64.7. The topological polar surface area (TPSA) is 476 Å². The minimum Gasteiger partial charge on any atom is -0.479 e. The molecule has 4 aliphatic carbocycles. The average Bonchev–Trinajstić information content (AvgIpc) is 1.61. The van der Waals surface area contributed by atoms with Crippen LogP contribution in [0.5, 0.6) is 0 Å². The molecule has 32 nitrogen and oxygen atoms in total. The number of anilines is 4. The molecule has 134 heavy (non-hydrogen) atoms.